The molecule has 0 unspecified atom stereocenters. The number of hydrogen-bond donors (Lipinski definition) is 2. The van der Waals surface area contributed by atoms with Crippen molar-refractivity contribution in [3.05, 3.63) is 59.3 Å². The Labute approximate surface area is 109 Å². The van der Waals surface area contributed by atoms with Crippen molar-refractivity contribution in [2.24, 2.45) is 0 Å². The van der Waals surface area contributed by atoms with Gasteiger partial charge in [0.1, 0.15) is 5.82 Å². The van der Waals surface area contributed by atoms with E-state index < -0.39 is 5.97 Å². The van der Waals surface area contributed by atoms with Gasteiger partial charge in [-0.3, -0.25) is 4.79 Å². The topological polar surface area (TPSA) is 79.3 Å². The maximum Gasteiger partial charge on any atom is 0.337 e. The van der Waals surface area contributed by atoms with Crippen LogP contribution in [0.25, 0.3) is 0 Å². The number of anilines is 1. The summed E-state index contributed by atoms with van der Waals surface area (Å²) < 4.78 is 0. The molecule has 96 valence electrons. The number of carbonyl (C=O) groups excluding carboxylic acids is 1. The number of aromatic nitrogens is 1. The minimum atomic E-state index is -1.05. The molecule has 0 saturated heterocycles. The van der Waals surface area contributed by atoms with E-state index in [-0.39, 0.29) is 11.5 Å². The Hall–Kier alpha value is -2.69. The molecule has 1 aromatic carbocycles. The summed E-state index contributed by atoms with van der Waals surface area (Å²) in [5.41, 5.74) is 1.60. The average Bonchev–Trinajstić information content (AvgIpc) is 2.39. The van der Waals surface area contributed by atoms with E-state index in [1.165, 1.54) is 18.3 Å². The molecule has 2 aromatic rings. The predicted molar refractivity (Wildman–Crippen MR) is 70.3 cm³/mol. The zero-order valence-electron chi connectivity index (χ0n) is 10.3. The van der Waals surface area contributed by atoms with E-state index in [1.807, 2.05) is 13.0 Å². The van der Waals surface area contributed by atoms with Gasteiger partial charge in [-0.05, 0) is 31.2 Å². The number of carboxylic acids is 1. The third-order valence-electron chi connectivity index (χ3n) is 2.53. The molecule has 0 fully saturated rings. The van der Waals surface area contributed by atoms with Crippen LogP contribution in [0.3, 0.4) is 0 Å². The highest BCUT2D eigenvalue weighted by Gasteiger charge is 2.08. The van der Waals surface area contributed by atoms with Crippen molar-refractivity contribution in [2.45, 2.75) is 6.92 Å². The highest BCUT2D eigenvalue weighted by atomic mass is 16.4. The molecule has 0 aliphatic heterocycles. The first kappa shape index (κ1) is 12.8. The Morgan fingerprint density at radius 2 is 1.95 bits per heavy atom. The third kappa shape index (κ3) is 3.16. The van der Waals surface area contributed by atoms with Crippen LogP contribution >= 0.6 is 0 Å². The van der Waals surface area contributed by atoms with Gasteiger partial charge in [-0.2, -0.15) is 0 Å². The smallest absolute Gasteiger partial charge is 0.337 e. The van der Waals surface area contributed by atoms with Crippen LogP contribution < -0.4 is 5.32 Å². The summed E-state index contributed by atoms with van der Waals surface area (Å²) in [6.45, 7) is 1.90. The number of carboxylic acid groups (broad SMARTS) is 1. The van der Waals surface area contributed by atoms with E-state index >= 15 is 0 Å². The van der Waals surface area contributed by atoms with Crippen molar-refractivity contribution in [3.8, 4) is 0 Å². The van der Waals surface area contributed by atoms with Crippen molar-refractivity contribution in [1.82, 2.24) is 4.98 Å². The Balaban J connectivity index is 2.13. The second-order valence-corrected chi connectivity index (χ2v) is 4.06. The summed E-state index contributed by atoms with van der Waals surface area (Å²) >= 11 is 0. The quantitative estimate of drug-likeness (QED) is 0.883. The number of aromatic carboxylic acids is 1. The number of carbonyl (C=O) groups is 2. The fourth-order valence-corrected chi connectivity index (χ4v) is 1.57. The Bertz CT molecular complexity index is 621. The van der Waals surface area contributed by atoms with Crippen LogP contribution in [0.15, 0.2) is 42.6 Å². The summed E-state index contributed by atoms with van der Waals surface area (Å²) in [6, 6.07) is 10.0. The number of aryl methyl sites for hydroxylation is 1. The monoisotopic (exact) mass is 256 g/mol. The van der Waals surface area contributed by atoms with Crippen molar-refractivity contribution < 1.29 is 14.7 Å². The number of pyridine rings is 1. The zero-order valence-corrected chi connectivity index (χ0v) is 10.3. The van der Waals surface area contributed by atoms with Gasteiger partial charge in [0.05, 0.1) is 5.56 Å². The minimum absolute atomic E-state index is 0.0774. The van der Waals surface area contributed by atoms with E-state index in [9.17, 15) is 9.59 Å². The Morgan fingerprint density at radius 3 is 2.53 bits per heavy atom. The lowest BCUT2D eigenvalue weighted by Crippen LogP contribution is -2.13. The van der Waals surface area contributed by atoms with Gasteiger partial charge < -0.3 is 10.4 Å². The zero-order chi connectivity index (χ0) is 13.8. The summed E-state index contributed by atoms with van der Waals surface area (Å²) in [4.78, 5) is 26.5. The first-order valence-corrected chi connectivity index (χ1v) is 5.63. The molecule has 19 heavy (non-hydrogen) atoms. The molecular formula is C14H12N2O3. The molecule has 0 saturated carbocycles. The van der Waals surface area contributed by atoms with Crippen molar-refractivity contribution in [1.29, 1.82) is 0 Å². The predicted octanol–water partition coefficient (Wildman–Crippen LogP) is 2.34. The lowest BCUT2D eigenvalue weighted by atomic mass is 10.1. The standard InChI is InChI=1S/C14H12N2O3/c1-9-3-2-4-10(7-9)13(17)16-12-6-5-11(8-15-12)14(18)19/h2-8H,1H3,(H,18,19)(H,15,16,17). The highest BCUT2D eigenvalue weighted by Crippen LogP contribution is 2.09. The summed E-state index contributed by atoms with van der Waals surface area (Å²) in [5, 5.41) is 11.3. The van der Waals surface area contributed by atoms with Crippen molar-refractivity contribution in [3.63, 3.8) is 0 Å². The Kier molecular flexibility index (Phi) is 3.56. The van der Waals surface area contributed by atoms with Gasteiger partial charge in [0.15, 0.2) is 0 Å². The van der Waals surface area contributed by atoms with Gasteiger partial charge in [-0.15, -0.1) is 0 Å². The maximum absolute atomic E-state index is 11.9. The van der Waals surface area contributed by atoms with Crippen molar-refractivity contribution >= 4 is 17.7 Å². The molecule has 1 aromatic heterocycles. The third-order valence-corrected chi connectivity index (χ3v) is 2.53. The van der Waals surface area contributed by atoms with Crippen LogP contribution in [-0.4, -0.2) is 22.0 Å². The fourth-order valence-electron chi connectivity index (χ4n) is 1.57. The highest BCUT2D eigenvalue weighted by molar-refractivity contribution is 6.03. The van der Waals surface area contributed by atoms with Crippen LogP contribution in [0.5, 0.6) is 0 Å². The van der Waals surface area contributed by atoms with E-state index in [0.29, 0.717) is 11.4 Å². The molecule has 2 rings (SSSR count). The summed E-state index contributed by atoms with van der Waals surface area (Å²) in [5.74, 6) is -1.01. The first-order chi connectivity index (χ1) is 9.06. The molecule has 0 aliphatic carbocycles. The second-order valence-electron chi connectivity index (χ2n) is 4.06. The molecule has 1 heterocycles. The number of nitrogens with one attached hydrogen (secondary N) is 1. The van der Waals surface area contributed by atoms with Gasteiger partial charge >= 0.3 is 5.97 Å². The molecular weight excluding hydrogens is 244 g/mol. The number of nitrogens with zero attached hydrogens (tertiary/aromatic N) is 1. The van der Waals surface area contributed by atoms with Crippen LogP contribution in [0.4, 0.5) is 5.82 Å². The largest absolute Gasteiger partial charge is 0.478 e. The molecule has 0 bridgehead atoms. The molecule has 0 atom stereocenters. The molecule has 0 spiro atoms. The number of rotatable bonds is 3. The Morgan fingerprint density at radius 1 is 1.16 bits per heavy atom. The number of hydrogen-bond acceptors (Lipinski definition) is 3. The maximum atomic E-state index is 11.9. The van der Waals surface area contributed by atoms with Crippen LogP contribution in [-0.2, 0) is 0 Å². The van der Waals surface area contributed by atoms with Gasteiger partial charge in [0.25, 0.3) is 5.91 Å². The van der Waals surface area contributed by atoms with E-state index in [0.717, 1.165) is 5.56 Å². The van der Waals surface area contributed by atoms with Gasteiger partial charge in [0, 0.05) is 11.8 Å². The average molecular weight is 256 g/mol. The molecule has 5 nitrogen and oxygen atoms in total. The normalized spacial score (nSPS) is 9.95. The van der Waals surface area contributed by atoms with Crippen LogP contribution in [0.2, 0.25) is 0 Å². The van der Waals surface area contributed by atoms with Crippen molar-refractivity contribution in [2.75, 3.05) is 5.32 Å². The van der Waals surface area contributed by atoms with Gasteiger partial charge in [-0.1, -0.05) is 17.7 Å². The molecule has 5 heteroatoms. The van der Waals surface area contributed by atoms with E-state index in [2.05, 4.69) is 10.3 Å². The fraction of sp³-hybridized carbons (Fsp3) is 0.0714. The van der Waals surface area contributed by atoms with E-state index in [4.69, 9.17) is 5.11 Å². The first-order valence-electron chi connectivity index (χ1n) is 5.63. The van der Waals surface area contributed by atoms with Gasteiger partial charge in [0.2, 0.25) is 0 Å². The van der Waals surface area contributed by atoms with Crippen LogP contribution in [0.1, 0.15) is 26.3 Å². The number of amides is 1. The molecule has 1 amide bonds. The minimum Gasteiger partial charge on any atom is -0.478 e. The van der Waals surface area contributed by atoms with Gasteiger partial charge in [-0.25, -0.2) is 9.78 Å². The molecule has 2 N–H and O–H groups in total. The van der Waals surface area contributed by atoms with Crippen LogP contribution in [0, 0.1) is 6.92 Å². The molecule has 0 aliphatic rings. The second kappa shape index (κ2) is 5.30. The number of benzene rings is 1. The van der Waals surface area contributed by atoms with E-state index in [1.54, 1.807) is 18.2 Å². The lowest BCUT2D eigenvalue weighted by Gasteiger charge is -2.05. The SMILES string of the molecule is Cc1cccc(C(=O)Nc2ccc(C(=O)O)cn2)c1. The lowest BCUT2D eigenvalue weighted by molar-refractivity contribution is 0.0696. The molecule has 0 radical (unpaired) electrons. The summed E-state index contributed by atoms with van der Waals surface area (Å²) in [7, 11) is 0. The summed E-state index contributed by atoms with van der Waals surface area (Å²) in [6.07, 6.45) is 1.20.